The van der Waals surface area contributed by atoms with Gasteiger partial charge in [-0.25, -0.2) is 4.39 Å². The van der Waals surface area contributed by atoms with Crippen LogP contribution in [0, 0.1) is 5.82 Å². The van der Waals surface area contributed by atoms with Gasteiger partial charge < -0.3 is 10.0 Å². The Kier molecular flexibility index (Phi) is 4.14. The van der Waals surface area contributed by atoms with E-state index < -0.39 is 5.97 Å². The molecule has 0 aromatic heterocycles. The summed E-state index contributed by atoms with van der Waals surface area (Å²) in [5, 5.41) is 8.51. The number of hydrogen-bond acceptors (Lipinski definition) is 2. The van der Waals surface area contributed by atoms with Crippen LogP contribution in [-0.4, -0.2) is 23.5 Å². The van der Waals surface area contributed by atoms with Gasteiger partial charge in [0.05, 0.1) is 0 Å². The summed E-state index contributed by atoms with van der Waals surface area (Å²) in [4.78, 5) is 24.0. The second kappa shape index (κ2) is 5.82. The standard InChI is InChI=1S/C14H16FNO3/c15-11-6-5-10-7-8-16(12(10)9-11)13(17)3-1-2-4-14(18)19/h5-6,9H,1-4,7-8H2,(H,18,19). The third-order valence-electron chi connectivity index (χ3n) is 3.28. The molecule has 0 bridgehead atoms. The van der Waals surface area contributed by atoms with Crippen LogP contribution in [0.15, 0.2) is 18.2 Å². The number of rotatable bonds is 5. The molecule has 2 rings (SSSR count). The molecule has 0 atom stereocenters. The Hall–Kier alpha value is -1.91. The van der Waals surface area contributed by atoms with Gasteiger partial charge in [-0.15, -0.1) is 0 Å². The van der Waals surface area contributed by atoms with Crippen LogP contribution in [0.25, 0.3) is 0 Å². The molecule has 0 unspecified atom stereocenters. The first-order valence-corrected chi connectivity index (χ1v) is 6.38. The van der Waals surface area contributed by atoms with Crippen molar-refractivity contribution >= 4 is 17.6 Å². The van der Waals surface area contributed by atoms with E-state index in [2.05, 4.69) is 0 Å². The Morgan fingerprint density at radius 2 is 2.00 bits per heavy atom. The van der Waals surface area contributed by atoms with E-state index in [1.165, 1.54) is 12.1 Å². The summed E-state index contributed by atoms with van der Waals surface area (Å²) >= 11 is 0. The van der Waals surface area contributed by atoms with Crippen LogP contribution in [0.3, 0.4) is 0 Å². The Bertz CT molecular complexity index is 501. The van der Waals surface area contributed by atoms with Gasteiger partial charge in [-0.1, -0.05) is 6.07 Å². The molecular formula is C14H16FNO3. The quantitative estimate of drug-likeness (QED) is 0.831. The molecule has 0 saturated carbocycles. The Labute approximate surface area is 110 Å². The molecule has 0 saturated heterocycles. The number of nitrogens with zero attached hydrogens (tertiary/aromatic N) is 1. The minimum absolute atomic E-state index is 0.0604. The van der Waals surface area contributed by atoms with Crippen molar-refractivity contribution in [1.82, 2.24) is 0 Å². The predicted octanol–water partition coefficient (Wildman–Crippen LogP) is 2.36. The highest BCUT2D eigenvalue weighted by atomic mass is 19.1. The van der Waals surface area contributed by atoms with Crippen LogP contribution < -0.4 is 4.90 Å². The van der Waals surface area contributed by atoms with Gasteiger partial charge >= 0.3 is 5.97 Å². The first-order valence-electron chi connectivity index (χ1n) is 6.38. The summed E-state index contributed by atoms with van der Waals surface area (Å²) in [6.07, 6.45) is 2.18. The summed E-state index contributed by atoms with van der Waals surface area (Å²) in [6, 6.07) is 4.50. The molecule has 1 heterocycles. The van der Waals surface area contributed by atoms with Crippen molar-refractivity contribution in [2.45, 2.75) is 32.1 Å². The highest BCUT2D eigenvalue weighted by Gasteiger charge is 2.24. The van der Waals surface area contributed by atoms with Gasteiger partial charge in [0.2, 0.25) is 5.91 Å². The summed E-state index contributed by atoms with van der Waals surface area (Å²) in [6.45, 7) is 0.580. The average Bonchev–Trinajstić information content (AvgIpc) is 2.77. The zero-order valence-corrected chi connectivity index (χ0v) is 10.6. The molecule has 0 fully saturated rings. The van der Waals surface area contributed by atoms with Gasteiger partial charge in [0, 0.05) is 25.1 Å². The zero-order valence-electron chi connectivity index (χ0n) is 10.6. The number of carbonyl (C=O) groups is 2. The molecule has 5 heteroatoms. The van der Waals surface area contributed by atoms with Gasteiger partial charge in [-0.05, 0) is 37.0 Å². The van der Waals surface area contributed by atoms with Crippen molar-refractivity contribution in [3.8, 4) is 0 Å². The monoisotopic (exact) mass is 265 g/mol. The lowest BCUT2D eigenvalue weighted by Crippen LogP contribution is -2.28. The molecule has 1 aliphatic rings. The fourth-order valence-electron chi connectivity index (χ4n) is 2.30. The molecule has 0 aliphatic carbocycles. The minimum atomic E-state index is -0.846. The summed E-state index contributed by atoms with van der Waals surface area (Å²) < 4.78 is 13.2. The van der Waals surface area contributed by atoms with E-state index >= 15 is 0 Å². The number of carboxylic acids is 1. The lowest BCUT2D eigenvalue weighted by Gasteiger charge is -2.17. The van der Waals surface area contributed by atoms with Crippen molar-refractivity contribution in [2.75, 3.05) is 11.4 Å². The van der Waals surface area contributed by atoms with Crippen LogP contribution in [0.4, 0.5) is 10.1 Å². The van der Waals surface area contributed by atoms with Crippen LogP contribution in [0.2, 0.25) is 0 Å². The predicted molar refractivity (Wildman–Crippen MR) is 68.6 cm³/mol. The SMILES string of the molecule is O=C(O)CCCCC(=O)N1CCc2ccc(F)cc21. The smallest absolute Gasteiger partial charge is 0.303 e. The number of anilines is 1. The van der Waals surface area contributed by atoms with Gasteiger partial charge in [0.1, 0.15) is 5.82 Å². The summed E-state index contributed by atoms with van der Waals surface area (Å²) in [7, 11) is 0. The molecule has 19 heavy (non-hydrogen) atoms. The maximum absolute atomic E-state index is 13.2. The number of fused-ring (bicyclic) bond motifs is 1. The van der Waals surface area contributed by atoms with Crippen molar-refractivity contribution in [2.24, 2.45) is 0 Å². The second-order valence-corrected chi connectivity index (χ2v) is 4.67. The van der Waals surface area contributed by atoms with Gasteiger partial charge in [0.25, 0.3) is 0 Å². The lowest BCUT2D eigenvalue weighted by molar-refractivity contribution is -0.137. The number of hydrogen-bond donors (Lipinski definition) is 1. The molecule has 4 nitrogen and oxygen atoms in total. The topological polar surface area (TPSA) is 57.6 Å². The van der Waals surface area contributed by atoms with Gasteiger partial charge in [-0.3, -0.25) is 9.59 Å². The van der Waals surface area contributed by atoms with Crippen molar-refractivity contribution < 1.29 is 19.1 Å². The van der Waals surface area contributed by atoms with E-state index in [-0.39, 0.29) is 18.1 Å². The minimum Gasteiger partial charge on any atom is -0.481 e. The molecule has 102 valence electrons. The normalized spacial score (nSPS) is 13.4. The number of amides is 1. The Morgan fingerprint density at radius 1 is 1.26 bits per heavy atom. The van der Waals surface area contributed by atoms with Crippen LogP contribution in [-0.2, 0) is 16.0 Å². The maximum atomic E-state index is 13.2. The number of halogens is 1. The van der Waals surface area contributed by atoms with E-state index in [4.69, 9.17) is 5.11 Å². The highest BCUT2D eigenvalue weighted by molar-refractivity contribution is 5.95. The number of unbranched alkanes of at least 4 members (excludes halogenated alkanes) is 1. The first-order chi connectivity index (χ1) is 9.08. The molecule has 1 amide bonds. The summed E-state index contributed by atoms with van der Waals surface area (Å²) in [5.74, 6) is -1.25. The molecule has 1 aliphatic heterocycles. The Balaban J connectivity index is 1.92. The number of carboxylic acid groups (broad SMARTS) is 1. The largest absolute Gasteiger partial charge is 0.481 e. The first kappa shape index (κ1) is 13.5. The molecule has 1 aromatic carbocycles. The third-order valence-corrected chi connectivity index (χ3v) is 3.28. The molecule has 0 radical (unpaired) electrons. The van der Waals surface area contributed by atoms with E-state index in [0.29, 0.717) is 31.5 Å². The van der Waals surface area contributed by atoms with Crippen molar-refractivity contribution in [1.29, 1.82) is 0 Å². The molecule has 1 aromatic rings. The molecular weight excluding hydrogens is 249 g/mol. The Morgan fingerprint density at radius 3 is 2.74 bits per heavy atom. The highest BCUT2D eigenvalue weighted by Crippen LogP contribution is 2.29. The van der Waals surface area contributed by atoms with E-state index in [9.17, 15) is 14.0 Å². The fraction of sp³-hybridized carbons (Fsp3) is 0.429. The second-order valence-electron chi connectivity index (χ2n) is 4.67. The van der Waals surface area contributed by atoms with E-state index in [1.807, 2.05) is 0 Å². The summed E-state index contributed by atoms with van der Waals surface area (Å²) in [5.41, 5.74) is 1.64. The van der Waals surface area contributed by atoms with Crippen molar-refractivity contribution in [3.05, 3.63) is 29.6 Å². The van der Waals surface area contributed by atoms with Crippen LogP contribution >= 0.6 is 0 Å². The zero-order chi connectivity index (χ0) is 13.8. The average molecular weight is 265 g/mol. The number of aliphatic carboxylic acids is 1. The maximum Gasteiger partial charge on any atom is 0.303 e. The fourth-order valence-corrected chi connectivity index (χ4v) is 2.30. The third kappa shape index (κ3) is 3.30. The van der Waals surface area contributed by atoms with Crippen molar-refractivity contribution in [3.63, 3.8) is 0 Å². The number of carbonyl (C=O) groups excluding carboxylic acids is 1. The van der Waals surface area contributed by atoms with Gasteiger partial charge in [-0.2, -0.15) is 0 Å². The van der Waals surface area contributed by atoms with E-state index in [1.54, 1.807) is 11.0 Å². The van der Waals surface area contributed by atoms with E-state index in [0.717, 1.165) is 12.0 Å². The van der Waals surface area contributed by atoms with Crippen LogP contribution in [0.5, 0.6) is 0 Å². The van der Waals surface area contributed by atoms with Crippen LogP contribution in [0.1, 0.15) is 31.2 Å². The molecule has 1 N–H and O–H groups in total. The molecule has 0 spiro atoms. The number of benzene rings is 1. The van der Waals surface area contributed by atoms with Gasteiger partial charge in [0.15, 0.2) is 0 Å². The lowest BCUT2D eigenvalue weighted by atomic mass is 10.1.